The van der Waals surface area contributed by atoms with Gasteiger partial charge in [-0.25, -0.2) is 4.98 Å². The molecule has 4 aromatic rings. The molecule has 1 heterocycles. The third-order valence-corrected chi connectivity index (χ3v) is 23.2. The highest BCUT2D eigenvalue weighted by atomic mass is 28.4. The predicted molar refractivity (Wildman–Crippen MR) is 368 cm³/mol. The lowest BCUT2D eigenvalue weighted by molar-refractivity contribution is 0.0700. The first-order valence-electron chi connectivity index (χ1n) is 35.5. The largest absolute Gasteiger partial charge is 0.507 e. The van der Waals surface area contributed by atoms with Crippen molar-refractivity contribution in [1.29, 1.82) is 0 Å². The Balaban J connectivity index is 1.84. The first-order valence-corrected chi connectivity index (χ1v) is 39.4. The van der Waals surface area contributed by atoms with Gasteiger partial charge in [0, 0.05) is 92.6 Å². The number of hydrogen-bond donors (Lipinski definition) is 2. The van der Waals surface area contributed by atoms with E-state index < -0.39 is 17.6 Å². The monoisotopic (exact) mass is 1230 g/mol. The van der Waals surface area contributed by atoms with Crippen molar-refractivity contribution in [2.75, 3.05) is 65.8 Å². The maximum Gasteiger partial charge on any atom is 0.500 e. The second-order valence-corrected chi connectivity index (χ2v) is 29.6. The molecule has 488 valence electrons. The van der Waals surface area contributed by atoms with E-state index in [1.54, 1.807) is 0 Å². The van der Waals surface area contributed by atoms with Crippen molar-refractivity contribution in [2.45, 2.75) is 274 Å². The van der Waals surface area contributed by atoms with Gasteiger partial charge in [0.15, 0.2) is 0 Å². The van der Waals surface area contributed by atoms with Crippen LogP contribution in [0.25, 0.3) is 33.9 Å². The van der Waals surface area contributed by atoms with Crippen LogP contribution in [0.1, 0.15) is 258 Å². The molecule has 86 heavy (non-hydrogen) atoms. The molecule has 0 bridgehead atoms. The molecule has 11 nitrogen and oxygen atoms in total. The van der Waals surface area contributed by atoms with Crippen molar-refractivity contribution >= 4 is 17.6 Å². The number of aromatic hydroxyl groups is 1. The Morgan fingerprint density at radius 2 is 0.698 bits per heavy atom. The third-order valence-electron chi connectivity index (χ3n) is 16.9. The average molecular weight is 1230 g/mol. The Kier molecular flexibility index (Phi) is 40.2. The van der Waals surface area contributed by atoms with E-state index in [0.717, 1.165) is 122 Å². The number of phenols is 1. The molecule has 0 saturated carbocycles. The van der Waals surface area contributed by atoms with Gasteiger partial charge in [-0.05, 0) is 142 Å². The molecule has 13 heteroatoms. The molecule has 2 N–H and O–H groups in total. The Labute approximate surface area is 529 Å². The Morgan fingerprint density at radius 3 is 1.02 bits per heavy atom. The van der Waals surface area contributed by atoms with Crippen LogP contribution in [0, 0.1) is 0 Å². The van der Waals surface area contributed by atoms with Gasteiger partial charge in [0.1, 0.15) is 11.6 Å². The van der Waals surface area contributed by atoms with Gasteiger partial charge in [-0.2, -0.15) is 0 Å². The van der Waals surface area contributed by atoms with Gasteiger partial charge in [0.2, 0.25) is 0 Å². The van der Waals surface area contributed by atoms with Crippen LogP contribution in [-0.4, -0.2) is 108 Å². The molecule has 4 rings (SSSR count). The molecule has 0 radical (unpaired) electrons. The van der Waals surface area contributed by atoms with Gasteiger partial charge in [0.05, 0.1) is 11.4 Å². The molecule has 0 atom stereocenters. The minimum absolute atomic E-state index is 0.464. The van der Waals surface area contributed by atoms with Gasteiger partial charge >= 0.3 is 17.6 Å². The number of phenolic OH excluding ortho intramolecular Hbond substituents is 1. The number of H-pyrrole nitrogens is 1. The maximum absolute atomic E-state index is 12.8. The van der Waals surface area contributed by atoms with E-state index in [4.69, 9.17) is 31.5 Å². The first kappa shape index (κ1) is 75.2. The zero-order valence-corrected chi connectivity index (χ0v) is 58.7. The highest BCUT2D eigenvalue weighted by Gasteiger charge is 2.40. The lowest BCUT2D eigenvalue weighted by Crippen LogP contribution is -2.46. The Bertz CT molecular complexity index is 2080. The zero-order chi connectivity index (χ0) is 61.9. The van der Waals surface area contributed by atoms with Gasteiger partial charge in [0.25, 0.3) is 0 Å². The van der Waals surface area contributed by atoms with E-state index in [0.29, 0.717) is 45.4 Å². The molecule has 0 amide bonds. The number of hydrogen-bond acceptors (Lipinski definition) is 10. The number of unbranched alkanes of at least 4 members (excludes halogenated alkanes) is 20. The predicted octanol–water partition coefficient (Wildman–Crippen LogP) is 20.1. The summed E-state index contributed by atoms with van der Waals surface area (Å²) in [4.78, 5) is 14.9. The topological polar surface area (TPSA) is 111 Å². The molecular weight excluding hydrogens is 1100 g/mol. The van der Waals surface area contributed by atoms with Crippen molar-refractivity contribution in [3.8, 4) is 39.7 Å². The Hall–Kier alpha value is -3.22. The minimum Gasteiger partial charge on any atom is -0.507 e. The van der Waals surface area contributed by atoms with E-state index in [1.807, 2.05) is 41.5 Å². The lowest BCUT2D eigenvalue weighted by Gasteiger charge is -2.28. The number of aromatic nitrogens is 2. The summed E-state index contributed by atoms with van der Waals surface area (Å²) in [7, 11) is -5.50. The molecule has 0 spiro atoms. The van der Waals surface area contributed by atoms with Crippen LogP contribution in [0.3, 0.4) is 0 Å². The van der Waals surface area contributed by atoms with Crippen LogP contribution in [-0.2, 0) is 52.5 Å². The zero-order valence-electron chi connectivity index (χ0n) is 56.7. The fraction of sp³-hybridized carbons (Fsp3) is 0.712. The quantitative estimate of drug-likeness (QED) is 0.0328. The number of nitrogens with zero attached hydrogens (tertiary/aromatic N) is 3. The van der Waals surface area contributed by atoms with Crippen LogP contribution in [0.5, 0.6) is 5.75 Å². The van der Waals surface area contributed by atoms with Crippen LogP contribution in [0.15, 0.2) is 60.7 Å². The number of aromatic amines is 1. The summed E-state index contributed by atoms with van der Waals surface area (Å²) in [6.45, 7) is 30.5. The fourth-order valence-corrected chi connectivity index (χ4v) is 17.5. The molecular formula is C73H126N4O7Si2. The van der Waals surface area contributed by atoms with Crippen molar-refractivity contribution < 1.29 is 31.7 Å². The smallest absolute Gasteiger partial charge is 0.500 e. The van der Waals surface area contributed by atoms with Crippen LogP contribution in [0.2, 0.25) is 12.1 Å². The van der Waals surface area contributed by atoms with Gasteiger partial charge < -0.3 is 36.6 Å². The molecule has 0 fully saturated rings. The van der Waals surface area contributed by atoms with Gasteiger partial charge in [-0.3, -0.25) is 9.80 Å². The summed E-state index contributed by atoms with van der Waals surface area (Å²) in [5.74, 6) is 1.29. The summed E-state index contributed by atoms with van der Waals surface area (Å²) in [6.07, 6.45) is 34.2. The van der Waals surface area contributed by atoms with E-state index in [1.165, 1.54) is 165 Å². The van der Waals surface area contributed by atoms with Crippen molar-refractivity contribution in [3.05, 3.63) is 82.9 Å². The lowest BCUT2D eigenvalue weighted by atomic mass is 10.0. The normalized spacial score (nSPS) is 12.2. The number of nitrogens with one attached hydrogen (secondary N) is 1. The summed E-state index contributed by atoms with van der Waals surface area (Å²) in [5, 5.41) is 12.8. The molecule has 0 aliphatic carbocycles. The number of imidazole rings is 1. The van der Waals surface area contributed by atoms with Gasteiger partial charge in [-0.1, -0.05) is 205 Å². The van der Waals surface area contributed by atoms with Crippen LogP contribution in [0.4, 0.5) is 0 Å². The van der Waals surface area contributed by atoms with Crippen LogP contribution >= 0.6 is 0 Å². The molecule has 3 aromatic carbocycles. The number of aryl methyl sites for hydroxylation is 2. The van der Waals surface area contributed by atoms with E-state index in [-0.39, 0.29) is 0 Å². The van der Waals surface area contributed by atoms with Gasteiger partial charge in [-0.15, -0.1) is 0 Å². The minimum atomic E-state index is -2.75. The summed E-state index contributed by atoms with van der Waals surface area (Å²) >= 11 is 0. The molecule has 1 aromatic heterocycles. The molecule has 0 unspecified atom stereocenters. The second-order valence-electron chi connectivity index (χ2n) is 24.1. The summed E-state index contributed by atoms with van der Waals surface area (Å²) in [5.41, 5.74) is 9.65. The van der Waals surface area contributed by atoms with Crippen molar-refractivity contribution in [1.82, 2.24) is 19.8 Å². The molecule has 0 saturated heterocycles. The fourth-order valence-electron chi connectivity index (χ4n) is 12.2. The number of benzene rings is 3. The Morgan fingerprint density at radius 1 is 0.384 bits per heavy atom. The number of rotatable bonds is 55. The highest BCUT2D eigenvalue weighted by Crippen LogP contribution is 2.38. The third kappa shape index (κ3) is 28.3. The second kappa shape index (κ2) is 45.9. The maximum atomic E-state index is 12.8. The summed E-state index contributed by atoms with van der Waals surface area (Å²) in [6, 6.07) is 24.2. The van der Waals surface area contributed by atoms with E-state index in [2.05, 4.69) is 103 Å². The van der Waals surface area contributed by atoms with Crippen molar-refractivity contribution in [2.24, 2.45) is 0 Å². The highest BCUT2D eigenvalue weighted by molar-refractivity contribution is 6.61. The average Bonchev–Trinajstić information content (AvgIpc) is 1.98. The van der Waals surface area contributed by atoms with Crippen LogP contribution < -0.4 is 0 Å². The van der Waals surface area contributed by atoms with E-state index >= 15 is 0 Å². The molecule has 0 aliphatic heterocycles. The molecule has 0 aliphatic rings. The standard InChI is InChI=1S/C73H126N4O7Si2/c1-11-21-25-29-33-37-53-76(54-38-34-30-26-22-12-2)61-68-59-67(60-69(72(68)78)62-77(55-39-35-31-27-23-13-3)56-40-36-32-28-24-14-4)73-74-70(65-49-45-63(46-50-65)43-41-57-85(79-15-5,80-16-6)81-17-7)71(75-73)66-51-47-64(48-52-66)44-42-58-86(82-18-8,83-19-9)84-20-10/h45-52,59-60,78H,11-44,53-58,61-62H2,1-10H3,(H,74,75). The first-order chi connectivity index (χ1) is 42.1. The van der Waals surface area contributed by atoms with Crippen molar-refractivity contribution in [3.63, 3.8) is 0 Å². The SMILES string of the molecule is CCCCCCCCN(CCCCCCCC)Cc1cc(-c2nc(-c3ccc(CCC[Si](OCC)(OCC)OCC)cc3)c(-c3ccc(CCC[Si](OCC)(OCC)OCC)cc3)[nH]2)cc(CN(CCCCCCCC)CCCCCCCC)c1O. The summed E-state index contributed by atoms with van der Waals surface area (Å²) < 4.78 is 37.3. The van der Waals surface area contributed by atoms with E-state index in [9.17, 15) is 5.11 Å².